The Morgan fingerprint density at radius 1 is 1.43 bits per heavy atom. The van der Waals surface area contributed by atoms with Crippen LogP contribution in [-0.4, -0.2) is 35.4 Å². The molecule has 0 radical (unpaired) electrons. The largest absolute Gasteiger partial charge is 0.425 e. The molecule has 116 valence electrons. The van der Waals surface area contributed by atoms with Gasteiger partial charge in [-0.25, -0.2) is 4.79 Å². The average molecular weight is 294 g/mol. The van der Waals surface area contributed by atoms with E-state index >= 15 is 0 Å². The number of ketones is 1. The highest BCUT2D eigenvalue weighted by atomic mass is 16.7. The third-order valence-corrected chi connectivity index (χ3v) is 5.61. The monoisotopic (exact) mass is 294 g/mol. The summed E-state index contributed by atoms with van der Waals surface area (Å²) in [7, 11) is 1.49. The third kappa shape index (κ3) is 1.83. The van der Waals surface area contributed by atoms with Gasteiger partial charge in [-0.2, -0.15) is 0 Å². The van der Waals surface area contributed by atoms with Crippen molar-refractivity contribution in [3.8, 4) is 0 Å². The van der Waals surface area contributed by atoms with E-state index in [1.807, 2.05) is 0 Å². The van der Waals surface area contributed by atoms with Crippen LogP contribution in [0.3, 0.4) is 0 Å². The highest BCUT2D eigenvalue weighted by molar-refractivity contribution is 5.93. The second-order valence-corrected chi connectivity index (χ2v) is 6.85. The molecule has 0 aromatic carbocycles. The number of hydrogen-bond acceptors (Lipinski definition) is 5. The second-order valence-electron chi connectivity index (χ2n) is 6.85. The SMILES string of the molecule is COC12CC(C)(O)C3CCC(C(C)=O)C3C1=C(C)C(=O)O2. The smallest absolute Gasteiger partial charge is 0.336 e. The minimum atomic E-state index is -1.20. The Labute approximate surface area is 124 Å². The number of Topliss-reactive ketones (excluding diaryl/α,β-unsaturated/α-hetero) is 1. The average Bonchev–Trinajstić information content (AvgIpc) is 2.91. The van der Waals surface area contributed by atoms with Crippen molar-refractivity contribution in [1.82, 2.24) is 0 Å². The lowest BCUT2D eigenvalue weighted by Gasteiger charge is -2.48. The summed E-state index contributed by atoms with van der Waals surface area (Å²) in [5, 5.41) is 10.9. The number of carbonyl (C=O) groups excluding carboxylic acids is 2. The lowest BCUT2D eigenvalue weighted by Crippen LogP contribution is -2.55. The van der Waals surface area contributed by atoms with Gasteiger partial charge in [0.25, 0.3) is 0 Å². The summed E-state index contributed by atoms with van der Waals surface area (Å²) in [5.74, 6) is -1.88. The molecule has 2 saturated carbocycles. The molecule has 1 heterocycles. The lowest BCUT2D eigenvalue weighted by atomic mass is 9.63. The molecule has 2 fully saturated rings. The van der Waals surface area contributed by atoms with Crippen LogP contribution in [0.1, 0.15) is 40.0 Å². The van der Waals surface area contributed by atoms with Gasteiger partial charge in [-0.3, -0.25) is 4.79 Å². The number of aliphatic hydroxyl groups is 1. The van der Waals surface area contributed by atoms with E-state index in [1.54, 1.807) is 20.8 Å². The van der Waals surface area contributed by atoms with Gasteiger partial charge in [0.2, 0.25) is 5.79 Å². The molecule has 3 rings (SSSR count). The van der Waals surface area contributed by atoms with Crippen molar-refractivity contribution in [3.63, 3.8) is 0 Å². The van der Waals surface area contributed by atoms with Crippen LogP contribution in [0.25, 0.3) is 0 Å². The van der Waals surface area contributed by atoms with Crippen LogP contribution in [-0.2, 0) is 19.1 Å². The number of esters is 1. The maximum absolute atomic E-state index is 12.1. The number of fused-ring (bicyclic) bond motifs is 3. The Balaban J connectivity index is 2.17. The van der Waals surface area contributed by atoms with Crippen LogP contribution >= 0.6 is 0 Å². The summed E-state index contributed by atoms with van der Waals surface area (Å²) in [6.45, 7) is 5.07. The lowest BCUT2D eigenvalue weighted by molar-refractivity contribution is -0.232. The topological polar surface area (TPSA) is 72.8 Å². The van der Waals surface area contributed by atoms with Crippen molar-refractivity contribution >= 4 is 11.8 Å². The van der Waals surface area contributed by atoms with Crippen molar-refractivity contribution in [2.75, 3.05) is 7.11 Å². The van der Waals surface area contributed by atoms with Gasteiger partial charge < -0.3 is 14.6 Å². The van der Waals surface area contributed by atoms with Gasteiger partial charge in [0, 0.05) is 36.5 Å². The van der Waals surface area contributed by atoms with E-state index in [9.17, 15) is 14.7 Å². The summed E-state index contributed by atoms with van der Waals surface area (Å²) in [5.41, 5.74) is 0.305. The molecule has 3 aliphatic rings. The second kappa shape index (κ2) is 4.40. The van der Waals surface area contributed by atoms with Crippen LogP contribution in [0.2, 0.25) is 0 Å². The Bertz CT molecular complexity index is 547. The molecule has 2 aliphatic carbocycles. The molecule has 1 N–H and O–H groups in total. The fourth-order valence-corrected chi connectivity index (χ4v) is 4.69. The molecule has 5 nitrogen and oxygen atoms in total. The molecule has 0 saturated heterocycles. The first-order valence-electron chi connectivity index (χ1n) is 7.46. The molecule has 0 aromatic heterocycles. The Hall–Kier alpha value is -1.20. The van der Waals surface area contributed by atoms with Gasteiger partial charge in [0.15, 0.2) is 0 Å². The van der Waals surface area contributed by atoms with Crippen LogP contribution in [0.15, 0.2) is 11.1 Å². The third-order valence-electron chi connectivity index (χ3n) is 5.61. The molecule has 0 aromatic rings. The van der Waals surface area contributed by atoms with E-state index in [0.29, 0.717) is 5.57 Å². The normalized spacial score (nSPS) is 45.4. The van der Waals surface area contributed by atoms with E-state index < -0.39 is 17.4 Å². The van der Waals surface area contributed by atoms with Crippen LogP contribution in [0.4, 0.5) is 0 Å². The van der Waals surface area contributed by atoms with Crippen LogP contribution in [0, 0.1) is 17.8 Å². The minimum absolute atomic E-state index is 0.0332. The summed E-state index contributed by atoms with van der Waals surface area (Å²) < 4.78 is 11.0. The van der Waals surface area contributed by atoms with Gasteiger partial charge in [-0.05, 0) is 39.5 Å². The van der Waals surface area contributed by atoms with Gasteiger partial charge in [-0.1, -0.05) is 0 Å². The standard InChI is InChI=1S/C16H22O5/c1-8-13-12-10(9(2)17)5-6-11(12)15(3,19)7-16(13,20-4)21-14(8)18/h10-12,19H,5-7H2,1-4H3. The Kier molecular flexibility index (Phi) is 3.08. The van der Waals surface area contributed by atoms with E-state index in [2.05, 4.69) is 0 Å². The highest BCUT2D eigenvalue weighted by Gasteiger charge is 2.64. The Morgan fingerprint density at radius 2 is 2.10 bits per heavy atom. The highest BCUT2D eigenvalue weighted by Crippen LogP contribution is 2.59. The molecule has 5 unspecified atom stereocenters. The fourth-order valence-electron chi connectivity index (χ4n) is 4.69. The molecule has 5 atom stereocenters. The van der Waals surface area contributed by atoms with Crippen molar-refractivity contribution in [2.24, 2.45) is 17.8 Å². The first kappa shape index (κ1) is 14.7. The maximum Gasteiger partial charge on any atom is 0.336 e. The van der Waals surface area contributed by atoms with Crippen molar-refractivity contribution in [2.45, 2.75) is 51.4 Å². The van der Waals surface area contributed by atoms with E-state index in [4.69, 9.17) is 9.47 Å². The Morgan fingerprint density at radius 3 is 2.67 bits per heavy atom. The zero-order chi connectivity index (χ0) is 15.6. The number of ether oxygens (including phenoxy) is 2. The maximum atomic E-state index is 12.1. The van der Waals surface area contributed by atoms with Crippen molar-refractivity contribution in [3.05, 3.63) is 11.1 Å². The first-order valence-corrected chi connectivity index (χ1v) is 7.46. The van der Waals surface area contributed by atoms with Gasteiger partial charge in [0.05, 0.1) is 5.60 Å². The summed E-state index contributed by atoms with van der Waals surface area (Å²) >= 11 is 0. The number of hydrogen-bond donors (Lipinski definition) is 1. The quantitative estimate of drug-likeness (QED) is 0.783. The summed E-state index contributed by atoms with van der Waals surface area (Å²) in [6, 6.07) is 0. The van der Waals surface area contributed by atoms with Gasteiger partial charge in [0.1, 0.15) is 5.78 Å². The number of rotatable bonds is 2. The van der Waals surface area contributed by atoms with E-state index in [-0.39, 0.29) is 30.0 Å². The van der Waals surface area contributed by atoms with Crippen LogP contribution < -0.4 is 0 Å². The van der Waals surface area contributed by atoms with Crippen molar-refractivity contribution < 1.29 is 24.2 Å². The molecular weight excluding hydrogens is 272 g/mol. The first-order chi connectivity index (χ1) is 9.73. The summed E-state index contributed by atoms with van der Waals surface area (Å²) in [4.78, 5) is 24.1. The molecule has 0 bridgehead atoms. The molecule has 1 aliphatic heterocycles. The van der Waals surface area contributed by atoms with Crippen molar-refractivity contribution in [1.29, 1.82) is 0 Å². The molecule has 21 heavy (non-hydrogen) atoms. The zero-order valence-electron chi connectivity index (χ0n) is 12.9. The zero-order valence-corrected chi connectivity index (χ0v) is 12.9. The number of methoxy groups -OCH3 is 1. The fraction of sp³-hybridized carbons (Fsp3) is 0.750. The predicted octanol–water partition coefficient (Wildman–Crippen LogP) is 1.59. The van der Waals surface area contributed by atoms with E-state index in [0.717, 1.165) is 18.4 Å². The van der Waals surface area contributed by atoms with Gasteiger partial charge >= 0.3 is 5.97 Å². The van der Waals surface area contributed by atoms with E-state index in [1.165, 1.54) is 7.11 Å². The molecule has 0 amide bonds. The molecular formula is C16H22O5. The minimum Gasteiger partial charge on any atom is -0.425 e. The predicted molar refractivity (Wildman–Crippen MR) is 74.2 cm³/mol. The summed E-state index contributed by atoms with van der Waals surface area (Å²) in [6.07, 6.45) is 1.75. The van der Waals surface area contributed by atoms with Gasteiger partial charge in [-0.15, -0.1) is 0 Å². The number of carbonyl (C=O) groups is 2. The molecule has 0 spiro atoms. The van der Waals surface area contributed by atoms with Crippen LogP contribution in [0.5, 0.6) is 0 Å². The molecule has 5 heteroatoms.